The maximum atomic E-state index is 12.6. The summed E-state index contributed by atoms with van der Waals surface area (Å²) in [5.41, 5.74) is 0. The minimum Gasteiger partial charge on any atom is -0.393 e. The van der Waals surface area contributed by atoms with E-state index in [-0.39, 0.29) is 6.61 Å². The van der Waals surface area contributed by atoms with Crippen LogP contribution in [0.3, 0.4) is 0 Å². The van der Waals surface area contributed by atoms with E-state index in [1.807, 2.05) is 0 Å². The van der Waals surface area contributed by atoms with Gasteiger partial charge in [0.15, 0.2) is 0 Å². The number of aliphatic hydroxyl groups excluding tert-OH is 1. The molecule has 3 heteroatoms. The molecule has 0 aromatic carbocycles. The molecule has 0 saturated heterocycles. The lowest BCUT2D eigenvalue weighted by molar-refractivity contribution is 0.126. The molecule has 1 N–H and O–H groups in total. The first-order valence-corrected chi connectivity index (χ1v) is 6.14. The average molecular weight is 220 g/mol. The number of halogens is 1. The fraction of sp³-hybridized carbons (Fsp3) is 1.00. The van der Waals surface area contributed by atoms with E-state index in [4.69, 9.17) is 9.84 Å². The number of ether oxygens (including phenoxy) is 1. The Morgan fingerprint density at radius 1 is 1.07 bits per heavy atom. The van der Waals surface area contributed by atoms with Gasteiger partial charge in [-0.1, -0.05) is 32.6 Å². The molecule has 0 fully saturated rings. The first-order valence-electron chi connectivity index (χ1n) is 6.14. The van der Waals surface area contributed by atoms with Crippen LogP contribution < -0.4 is 0 Å². The smallest absolute Gasteiger partial charge is 0.123 e. The maximum Gasteiger partial charge on any atom is 0.123 e. The first kappa shape index (κ1) is 14.8. The van der Waals surface area contributed by atoms with Gasteiger partial charge in [-0.05, 0) is 19.3 Å². The van der Waals surface area contributed by atoms with E-state index in [0.29, 0.717) is 6.42 Å². The summed E-state index contributed by atoms with van der Waals surface area (Å²) in [7, 11) is 0. The van der Waals surface area contributed by atoms with Gasteiger partial charge in [0.2, 0.25) is 0 Å². The minimum atomic E-state index is -1.02. The van der Waals surface area contributed by atoms with Gasteiger partial charge in [-0.15, -0.1) is 0 Å². The van der Waals surface area contributed by atoms with Gasteiger partial charge in [0, 0.05) is 13.2 Å². The molecule has 2 nitrogen and oxygen atoms in total. The molecule has 0 bridgehead atoms. The van der Waals surface area contributed by atoms with Crippen LogP contribution in [0.15, 0.2) is 0 Å². The molecule has 0 saturated carbocycles. The zero-order valence-corrected chi connectivity index (χ0v) is 9.88. The monoisotopic (exact) mass is 220 g/mol. The highest BCUT2D eigenvalue weighted by molar-refractivity contribution is 4.53. The SMILES string of the molecule is CCCCOCCCCCCC(F)CO. The largest absolute Gasteiger partial charge is 0.393 e. The summed E-state index contributed by atoms with van der Waals surface area (Å²) in [6.45, 7) is 3.52. The Morgan fingerprint density at radius 3 is 2.40 bits per heavy atom. The summed E-state index contributed by atoms with van der Waals surface area (Å²) >= 11 is 0. The second kappa shape index (κ2) is 11.9. The van der Waals surface area contributed by atoms with Crippen LogP contribution in [-0.2, 0) is 4.74 Å². The van der Waals surface area contributed by atoms with E-state index in [1.165, 1.54) is 6.42 Å². The van der Waals surface area contributed by atoms with E-state index < -0.39 is 6.17 Å². The lowest BCUT2D eigenvalue weighted by atomic mass is 10.1. The highest BCUT2D eigenvalue weighted by Gasteiger charge is 2.02. The third kappa shape index (κ3) is 11.8. The van der Waals surface area contributed by atoms with Gasteiger partial charge in [-0.3, -0.25) is 0 Å². The molecular weight excluding hydrogens is 195 g/mol. The maximum absolute atomic E-state index is 12.6. The van der Waals surface area contributed by atoms with Crippen LogP contribution in [-0.4, -0.2) is 31.1 Å². The predicted molar refractivity (Wildman–Crippen MR) is 60.8 cm³/mol. The lowest BCUT2D eigenvalue weighted by Crippen LogP contribution is -2.05. The molecule has 0 aliphatic rings. The van der Waals surface area contributed by atoms with Crippen LogP contribution in [0, 0.1) is 0 Å². The Kier molecular flexibility index (Phi) is 11.8. The van der Waals surface area contributed by atoms with Gasteiger partial charge in [0.25, 0.3) is 0 Å². The highest BCUT2D eigenvalue weighted by atomic mass is 19.1. The number of unbranched alkanes of at least 4 members (excludes halogenated alkanes) is 4. The normalized spacial score (nSPS) is 13.0. The fourth-order valence-electron chi connectivity index (χ4n) is 1.36. The van der Waals surface area contributed by atoms with Crippen molar-refractivity contribution in [2.75, 3.05) is 19.8 Å². The minimum absolute atomic E-state index is 0.333. The Morgan fingerprint density at radius 2 is 1.73 bits per heavy atom. The van der Waals surface area contributed by atoms with Crippen molar-refractivity contribution in [1.29, 1.82) is 0 Å². The predicted octanol–water partition coefficient (Wildman–Crippen LogP) is 3.08. The second-order valence-electron chi connectivity index (χ2n) is 3.95. The van der Waals surface area contributed by atoms with Gasteiger partial charge in [0.05, 0.1) is 6.61 Å². The first-order chi connectivity index (χ1) is 7.31. The molecular formula is C12H25FO2. The third-order valence-electron chi connectivity index (χ3n) is 2.40. The van der Waals surface area contributed by atoms with Crippen molar-refractivity contribution in [2.24, 2.45) is 0 Å². The quantitative estimate of drug-likeness (QED) is 0.542. The Labute approximate surface area is 92.8 Å². The number of aliphatic hydroxyl groups is 1. The summed E-state index contributed by atoms with van der Waals surface area (Å²) in [5.74, 6) is 0. The molecule has 1 unspecified atom stereocenters. The van der Waals surface area contributed by atoms with Gasteiger partial charge in [-0.2, -0.15) is 0 Å². The standard InChI is InChI=1S/C12H25FO2/c1-2-3-9-15-10-7-5-4-6-8-12(13)11-14/h12,14H,2-11H2,1H3. The van der Waals surface area contributed by atoms with Crippen LogP contribution in [0.2, 0.25) is 0 Å². The van der Waals surface area contributed by atoms with Crippen molar-refractivity contribution in [2.45, 2.75) is 58.0 Å². The van der Waals surface area contributed by atoms with Gasteiger partial charge < -0.3 is 9.84 Å². The fourth-order valence-corrected chi connectivity index (χ4v) is 1.36. The second-order valence-corrected chi connectivity index (χ2v) is 3.95. The van der Waals surface area contributed by atoms with Gasteiger partial charge >= 0.3 is 0 Å². The van der Waals surface area contributed by atoms with Gasteiger partial charge in [0.1, 0.15) is 6.17 Å². The molecule has 0 spiro atoms. The Bertz CT molecular complexity index is 120. The van der Waals surface area contributed by atoms with Crippen LogP contribution in [0.1, 0.15) is 51.9 Å². The van der Waals surface area contributed by atoms with Crippen LogP contribution >= 0.6 is 0 Å². The summed E-state index contributed by atoms with van der Waals surface area (Å²) in [5, 5.41) is 8.46. The van der Waals surface area contributed by atoms with Gasteiger partial charge in [-0.25, -0.2) is 4.39 Å². The molecule has 0 heterocycles. The summed E-state index contributed by atoms with van der Waals surface area (Å²) in [6.07, 6.45) is 5.87. The van der Waals surface area contributed by atoms with E-state index in [1.54, 1.807) is 0 Å². The lowest BCUT2D eigenvalue weighted by Gasteiger charge is -2.05. The van der Waals surface area contributed by atoms with Crippen LogP contribution in [0.5, 0.6) is 0 Å². The van der Waals surface area contributed by atoms with E-state index in [2.05, 4.69) is 6.92 Å². The zero-order valence-electron chi connectivity index (χ0n) is 9.88. The number of alkyl halides is 1. The van der Waals surface area contributed by atoms with Crippen LogP contribution in [0.4, 0.5) is 4.39 Å². The molecule has 15 heavy (non-hydrogen) atoms. The summed E-state index contributed by atoms with van der Waals surface area (Å²) in [6, 6.07) is 0. The molecule has 0 aliphatic carbocycles. The number of hydrogen-bond donors (Lipinski definition) is 1. The van der Waals surface area contributed by atoms with Crippen molar-refractivity contribution in [1.82, 2.24) is 0 Å². The summed E-state index contributed by atoms with van der Waals surface area (Å²) < 4.78 is 18.0. The molecule has 0 amide bonds. The van der Waals surface area contributed by atoms with E-state index in [9.17, 15) is 4.39 Å². The van der Waals surface area contributed by atoms with Crippen molar-refractivity contribution in [3.63, 3.8) is 0 Å². The molecule has 0 aromatic rings. The summed E-state index contributed by atoms with van der Waals surface area (Å²) in [4.78, 5) is 0. The average Bonchev–Trinajstić information content (AvgIpc) is 2.26. The molecule has 0 rings (SSSR count). The molecule has 0 radical (unpaired) electrons. The highest BCUT2D eigenvalue weighted by Crippen LogP contribution is 2.07. The number of rotatable bonds is 11. The Balaban J connectivity index is 2.92. The van der Waals surface area contributed by atoms with Crippen molar-refractivity contribution in [3.8, 4) is 0 Å². The third-order valence-corrected chi connectivity index (χ3v) is 2.40. The van der Waals surface area contributed by atoms with E-state index >= 15 is 0 Å². The zero-order chi connectivity index (χ0) is 11.4. The Hall–Kier alpha value is -0.150. The molecule has 92 valence electrons. The van der Waals surface area contributed by atoms with Crippen molar-refractivity contribution >= 4 is 0 Å². The number of hydrogen-bond acceptors (Lipinski definition) is 2. The van der Waals surface area contributed by atoms with Crippen molar-refractivity contribution in [3.05, 3.63) is 0 Å². The van der Waals surface area contributed by atoms with Crippen LogP contribution in [0.25, 0.3) is 0 Å². The van der Waals surface area contributed by atoms with Crippen molar-refractivity contribution < 1.29 is 14.2 Å². The molecule has 0 aliphatic heterocycles. The molecule has 1 atom stereocenters. The molecule has 0 aromatic heterocycles. The van der Waals surface area contributed by atoms with E-state index in [0.717, 1.165) is 45.3 Å². The topological polar surface area (TPSA) is 29.5 Å².